The van der Waals surface area contributed by atoms with Crippen LogP contribution in [0.4, 0.5) is 0 Å². The lowest BCUT2D eigenvalue weighted by atomic mass is 9.85. The first-order chi connectivity index (χ1) is 21.3. The molecule has 0 saturated carbocycles. The van der Waals surface area contributed by atoms with Crippen LogP contribution in [0.15, 0.2) is 121 Å². The summed E-state index contributed by atoms with van der Waals surface area (Å²) in [6.07, 6.45) is 1.53. The Morgan fingerprint density at radius 1 is 0.467 bits per heavy atom. The van der Waals surface area contributed by atoms with Crippen molar-refractivity contribution < 1.29 is 13.7 Å². The van der Waals surface area contributed by atoms with Crippen molar-refractivity contribution >= 4 is 38.7 Å². The van der Waals surface area contributed by atoms with E-state index in [1.54, 1.807) is 0 Å². The molecule has 0 radical (unpaired) electrons. The van der Waals surface area contributed by atoms with Crippen molar-refractivity contribution in [1.29, 1.82) is 0 Å². The Kier molecular flexibility index (Phi) is 8.30. The Bertz CT molecular complexity index is 1570. The second kappa shape index (κ2) is 11.8. The van der Waals surface area contributed by atoms with Crippen LogP contribution in [0.1, 0.15) is 76.6 Å². The van der Waals surface area contributed by atoms with Gasteiger partial charge in [-0.1, -0.05) is 163 Å². The maximum absolute atomic E-state index is 13.2. The molecular formula is C40H46O3Si2. The minimum atomic E-state index is -3.72. The average molecular weight is 631 g/mol. The highest BCUT2D eigenvalue weighted by Gasteiger charge is 2.68. The first-order valence-corrected chi connectivity index (χ1v) is 20.0. The van der Waals surface area contributed by atoms with Gasteiger partial charge in [-0.2, -0.15) is 0 Å². The van der Waals surface area contributed by atoms with Crippen LogP contribution in [0.5, 0.6) is 0 Å². The molecule has 0 spiro atoms. The van der Waals surface area contributed by atoms with Gasteiger partial charge >= 0.3 is 17.1 Å². The maximum atomic E-state index is 13.2. The van der Waals surface area contributed by atoms with E-state index < -0.39 is 17.1 Å². The number of rotatable bonds is 8. The fourth-order valence-electron chi connectivity index (χ4n) is 7.37. The van der Waals surface area contributed by atoms with E-state index in [1.807, 2.05) is 48.5 Å². The maximum Gasteiger partial charge on any atom is 0.369 e. The van der Waals surface area contributed by atoms with E-state index in [2.05, 4.69) is 114 Å². The summed E-state index contributed by atoms with van der Waals surface area (Å²) in [5.41, 5.74) is 6.03. The highest BCUT2D eigenvalue weighted by Crippen LogP contribution is 2.65. The molecule has 0 amide bonds. The topological polar surface area (TPSA) is 49.7 Å². The van der Waals surface area contributed by atoms with Gasteiger partial charge in [-0.25, -0.2) is 0 Å². The van der Waals surface area contributed by atoms with Gasteiger partial charge in [0.1, 0.15) is 0 Å². The van der Waals surface area contributed by atoms with Crippen LogP contribution >= 0.6 is 0 Å². The van der Waals surface area contributed by atoms with Gasteiger partial charge in [-0.15, -0.1) is 0 Å². The van der Waals surface area contributed by atoms with Gasteiger partial charge in [0.2, 0.25) is 0 Å². The first kappa shape index (κ1) is 31.6. The summed E-state index contributed by atoms with van der Waals surface area (Å²) in [5.74, 6) is 0. The van der Waals surface area contributed by atoms with Gasteiger partial charge in [-0.05, 0) is 57.1 Å². The zero-order valence-electron chi connectivity index (χ0n) is 27.4. The molecule has 0 bridgehead atoms. The normalized spacial score (nSPS) is 25.2. The van der Waals surface area contributed by atoms with Crippen molar-refractivity contribution in [3.05, 3.63) is 144 Å². The molecule has 4 aromatic rings. The largest absolute Gasteiger partial charge is 0.407 e. The molecule has 45 heavy (non-hydrogen) atoms. The summed E-state index contributed by atoms with van der Waals surface area (Å²) in [6.45, 7) is 13.4. The van der Waals surface area contributed by atoms with E-state index >= 15 is 0 Å². The molecule has 2 heterocycles. The van der Waals surface area contributed by atoms with E-state index in [9.17, 15) is 9.59 Å². The molecule has 4 atom stereocenters. The number of allylic oxidation sites excluding steroid dienone is 2. The molecule has 4 unspecified atom stereocenters. The van der Waals surface area contributed by atoms with E-state index in [0.717, 1.165) is 56.6 Å². The first-order valence-electron chi connectivity index (χ1n) is 16.2. The summed E-state index contributed by atoms with van der Waals surface area (Å²) < 4.78 is 7.32. The van der Waals surface area contributed by atoms with Gasteiger partial charge in [0.25, 0.3) is 0 Å². The molecule has 2 N–H and O–H groups in total. The number of hydrogen-bond acceptors (Lipinski definition) is 3. The molecule has 4 aromatic carbocycles. The second-order valence-electron chi connectivity index (χ2n) is 15.2. The Balaban J connectivity index is 1.58. The number of benzene rings is 4. The lowest BCUT2D eigenvalue weighted by molar-refractivity contribution is 0.269. The Labute approximate surface area is 271 Å². The zero-order chi connectivity index (χ0) is 32.0. The van der Waals surface area contributed by atoms with Crippen LogP contribution in [-0.2, 0) is 4.12 Å². The van der Waals surface area contributed by atoms with Crippen LogP contribution < -0.4 is 0 Å². The minimum Gasteiger partial charge on any atom is -0.407 e. The van der Waals surface area contributed by atoms with Crippen molar-refractivity contribution in [3.8, 4) is 0 Å². The molecule has 232 valence electrons. The molecule has 2 aliphatic heterocycles. The Morgan fingerprint density at radius 2 is 0.733 bits per heavy atom. The van der Waals surface area contributed by atoms with Gasteiger partial charge in [-0.3, -0.25) is 0 Å². The zero-order valence-corrected chi connectivity index (χ0v) is 29.4. The van der Waals surface area contributed by atoms with Crippen LogP contribution in [0.25, 0.3) is 21.5 Å². The van der Waals surface area contributed by atoms with Crippen molar-refractivity contribution in [3.63, 3.8) is 0 Å². The van der Waals surface area contributed by atoms with Crippen molar-refractivity contribution in [2.24, 2.45) is 10.8 Å². The molecule has 6 rings (SSSR count). The van der Waals surface area contributed by atoms with E-state index in [4.69, 9.17) is 4.12 Å². The third kappa shape index (κ3) is 6.00. The standard InChI is InChI=1S/C40H46O3Si2/c1-39(2,3)27-33-35(29-19-11-7-12-20-29)37(31-23-15-9-16-24-31)44(33,41)43-45(42)34(28-40(4,5)6)36(30-21-13-8-14-22-30)38(45)32-25-17-10-18-26-32/h7-26,33-34,41-42H,27-28H2,1-6H3. The summed E-state index contributed by atoms with van der Waals surface area (Å²) in [7, 11) is -7.44. The summed E-state index contributed by atoms with van der Waals surface area (Å²) in [4.78, 5) is 26.5. The van der Waals surface area contributed by atoms with E-state index in [0.29, 0.717) is 0 Å². The summed E-state index contributed by atoms with van der Waals surface area (Å²) in [5, 5.41) is 1.80. The highest BCUT2D eigenvalue weighted by molar-refractivity contribution is 7.06. The lowest BCUT2D eigenvalue weighted by Gasteiger charge is -2.56. The third-order valence-electron chi connectivity index (χ3n) is 9.14. The van der Waals surface area contributed by atoms with Crippen molar-refractivity contribution in [2.45, 2.75) is 65.5 Å². The molecule has 2 aliphatic rings. The van der Waals surface area contributed by atoms with Gasteiger partial charge in [0.05, 0.1) is 0 Å². The smallest absolute Gasteiger partial charge is 0.369 e. The predicted octanol–water partition coefficient (Wildman–Crippen LogP) is 9.81. The fraction of sp³-hybridized carbons (Fsp3) is 0.300. The minimum absolute atomic E-state index is 0.0564. The third-order valence-corrected chi connectivity index (χ3v) is 17.0. The quantitative estimate of drug-likeness (QED) is 0.191. The molecule has 0 saturated heterocycles. The van der Waals surface area contributed by atoms with Crippen LogP contribution in [0.2, 0.25) is 11.1 Å². The van der Waals surface area contributed by atoms with Gasteiger partial charge < -0.3 is 13.7 Å². The molecule has 0 aliphatic carbocycles. The molecule has 0 fully saturated rings. The van der Waals surface area contributed by atoms with E-state index in [1.165, 1.54) is 0 Å². The molecule has 5 heteroatoms. The Morgan fingerprint density at radius 3 is 1.00 bits per heavy atom. The fourth-order valence-corrected chi connectivity index (χ4v) is 17.2. The molecular weight excluding hydrogens is 585 g/mol. The molecule has 0 aromatic heterocycles. The Hall–Kier alpha value is -3.33. The van der Waals surface area contributed by atoms with Crippen molar-refractivity contribution in [2.75, 3.05) is 0 Å². The predicted molar refractivity (Wildman–Crippen MR) is 192 cm³/mol. The average Bonchev–Trinajstić information content (AvgIpc) is 3.01. The number of hydrogen-bond donors (Lipinski definition) is 2. The van der Waals surface area contributed by atoms with Gasteiger partial charge in [0.15, 0.2) is 0 Å². The van der Waals surface area contributed by atoms with E-state index in [-0.39, 0.29) is 21.9 Å². The highest BCUT2D eigenvalue weighted by atomic mass is 28.5. The summed E-state index contributed by atoms with van der Waals surface area (Å²) in [6, 6.07) is 41.3. The van der Waals surface area contributed by atoms with Crippen LogP contribution in [0.3, 0.4) is 0 Å². The van der Waals surface area contributed by atoms with Crippen LogP contribution in [-0.4, -0.2) is 26.7 Å². The van der Waals surface area contributed by atoms with Crippen molar-refractivity contribution in [1.82, 2.24) is 0 Å². The second-order valence-corrected chi connectivity index (χ2v) is 21.2. The monoisotopic (exact) mass is 630 g/mol. The SMILES string of the molecule is CC(C)(C)CC1C(c2ccccc2)=C(c2ccccc2)[Si]1(O)O[Si]1(O)C(c2ccccc2)=C(c2ccccc2)C1CC(C)(C)C. The van der Waals surface area contributed by atoms with Gasteiger partial charge in [0, 0.05) is 21.5 Å². The molecule has 3 nitrogen and oxygen atoms in total. The van der Waals surface area contributed by atoms with Crippen LogP contribution in [0, 0.1) is 10.8 Å². The summed E-state index contributed by atoms with van der Waals surface area (Å²) >= 11 is 0. The lowest BCUT2D eigenvalue weighted by Crippen LogP contribution is -2.66.